The average Bonchev–Trinajstić information content (AvgIpc) is 2.46. The average molecular weight is 294 g/mol. The van der Waals surface area contributed by atoms with E-state index in [4.69, 9.17) is 4.18 Å². The van der Waals surface area contributed by atoms with Gasteiger partial charge in [-0.2, -0.15) is 8.42 Å². The summed E-state index contributed by atoms with van der Waals surface area (Å²) in [5, 5.41) is 0. The van der Waals surface area contributed by atoms with Gasteiger partial charge in [0, 0.05) is 16.5 Å². The fraction of sp³-hybridized carbons (Fsp3) is 0.143. The van der Waals surface area contributed by atoms with Gasteiger partial charge in [0.15, 0.2) is 0 Å². The number of hydrogen-bond donors (Lipinski definition) is 0. The maximum absolute atomic E-state index is 11.7. The van der Waals surface area contributed by atoms with Crippen molar-refractivity contribution in [3.63, 3.8) is 0 Å². The highest BCUT2D eigenvalue weighted by atomic mass is 33.1. The molecule has 0 radical (unpaired) electrons. The molecule has 0 bridgehead atoms. The second kappa shape index (κ2) is 6.75. The Kier molecular flexibility index (Phi) is 5.01. The van der Waals surface area contributed by atoms with Crippen molar-refractivity contribution in [2.75, 3.05) is 0 Å². The van der Waals surface area contributed by atoms with Crippen LogP contribution in [0.15, 0.2) is 60.7 Å². The van der Waals surface area contributed by atoms with E-state index < -0.39 is 9.15 Å². The highest BCUT2D eigenvalue weighted by Crippen LogP contribution is 2.21. The first-order valence-corrected chi connectivity index (χ1v) is 8.68. The number of hydrogen-bond acceptors (Lipinski definition) is 4. The lowest BCUT2D eigenvalue weighted by molar-refractivity contribution is 0.319. The maximum Gasteiger partial charge on any atom is 0.322 e. The Labute approximate surface area is 117 Å². The Morgan fingerprint density at radius 1 is 0.842 bits per heavy atom. The van der Waals surface area contributed by atoms with Gasteiger partial charge in [-0.1, -0.05) is 60.7 Å². The van der Waals surface area contributed by atoms with Crippen LogP contribution in [0.5, 0.6) is 0 Å². The molecule has 0 amide bonds. The molecule has 0 unspecified atom stereocenters. The topological polar surface area (TPSA) is 43.4 Å². The highest BCUT2D eigenvalue weighted by Gasteiger charge is 2.12. The zero-order chi connectivity index (χ0) is 13.6. The predicted molar refractivity (Wildman–Crippen MR) is 77.9 cm³/mol. The molecule has 19 heavy (non-hydrogen) atoms. The van der Waals surface area contributed by atoms with E-state index in [1.165, 1.54) is 0 Å². The van der Waals surface area contributed by atoms with E-state index in [2.05, 4.69) is 0 Å². The zero-order valence-electron chi connectivity index (χ0n) is 10.2. The smallest absolute Gasteiger partial charge is 0.257 e. The molecule has 0 saturated carbocycles. The highest BCUT2D eigenvalue weighted by molar-refractivity contribution is 8.69. The number of rotatable bonds is 6. The van der Waals surface area contributed by atoms with Crippen LogP contribution in [0.4, 0.5) is 0 Å². The summed E-state index contributed by atoms with van der Waals surface area (Å²) in [6, 6.07) is 18.7. The van der Waals surface area contributed by atoms with Crippen molar-refractivity contribution in [2.45, 2.75) is 12.4 Å². The zero-order valence-corrected chi connectivity index (χ0v) is 11.9. The van der Waals surface area contributed by atoms with Crippen LogP contribution in [0.3, 0.4) is 0 Å². The molecule has 2 aromatic carbocycles. The van der Waals surface area contributed by atoms with Crippen LogP contribution in [0.25, 0.3) is 0 Å². The van der Waals surface area contributed by atoms with Crippen LogP contribution in [0.2, 0.25) is 0 Å². The van der Waals surface area contributed by atoms with Crippen molar-refractivity contribution >= 4 is 19.9 Å². The first-order valence-electron chi connectivity index (χ1n) is 5.77. The molecule has 0 N–H and O–H groups in total. The molecule has 2 aromatic rings. The van der Waals surface area contributed by atoms with Crippen molar-refractivity contribution in [3.05, 3.63) is 71.8 Å². The molecule has 0 fully saturated rings. The standard InChI is InChI=1S/C14H14O3S2/c15-19(16,17-11-13-7-3-1-4-8-13)18-12-14-9-5-2-6-10-14/h1-10H,11-12H2. The molecule has 0 aliphatic rings. The van der Waals surface area contributed by atoms with E-state index >= 15 is 0 Å². The van der Waals surface area contributed by atoms with Gasteiger partial charge in [0.05, 0.1) is 6.61 Å². The Balaban J connectivity index is 1.86. The third-order valence-electron chi connectivity index (χ3n) is 2.43. The predicted octanol–water partition coefficient (Wildman–Crippen LogP) is 3.38. The van der Waals surface area contributed by atoms with Gasteiger partial charge in [-0.15, -0.1) is 0 Å². The van der Waals surface area contributed by atoms with E-state index in [1.54, 1.807) is 0 Å². The molecular weight excluding hydrogens is 280 g/mol. The van der Waals surface area contributed by atoms with Gasteiger partial charge < -0.3 is 0 Å². The second-order valence-electron chi connectivity index (χ2n) is 3.90. The summed E-state index contributed by atoms with van der Waals surface area (Å²) in [5.74, 6) is 0.387. The quantitative estimate of drug-likeness (QED) is 0.766. The Morgan fingerprint density at radius 3 is 1.95 bits per heavy atom. The van der Waals surface area contributed by atoms with Gasteiger partial charge in [0.25, 0.3) is 0 Å². The van der Waals surface area contributed by atoms with Crippen molar-refractivity contribution in [3.8, 4) is 0 Å². The second-order valence-corrected chi connectivity index (χ2v) is 7.41. The summed E-state index contributed by atoms with van der Waals surface area (Å²) in [4.78, 5) is 0. The third-order valence-corrected chi connectivity index (χ3v) is 5.08. The van der Waals surface area contributed by atoms with Gasteiger partial charge in [-0.3, -0.25) is 4.18 Å². The summed E-state index contributed by atoms with van der Waals surface area (Å²) in [6.45, 7) is 0.0744. The lowest BCUT2D eigenvalue weighted by atomic mass is 10.2. The Hall–Kier alpha value is -1.30. The largest absolute Gasteiger partial charge is 0.322 e. The van der Waals surface area contributed by atoms with Crippen LogP contribution in [-0.4, -0.2) is 8.42 Å². The molecule has 0 heterocycles. The van der Waals surface area contributed by atoms with Gasteiger partial charge in [0.1, 0.15) is 0 Å². The molecular formula is C14H14O3S2. The summed E-state index contributed by atoms with van der Waals surface area (Å²) in [6.07, 6.45) is 0. The summed E-state index contributed by atoms with van der Waals surface area (Å²) in [7, 11) is -2.76. The van der Waals surface area contributed by atoms with E-state index in [0.29, 0.717) is 5.75 Å². The molecule has 0 saturated heterocycles. The van der Waals surface area contributed by atoms with Crippen LogP contribution in [0, 0.1) is 0 Å². The van der Waals surface area contributed by atoms with Crippen LogP contribution in [-0.2, 0) is 25.7 Å². The molecule has 0 atom stereocenters. The fourth-order valence-electron chi connectivity index (χ4n) is 1.46. The van der Waals surface area contributed by atoms with Crippen LogP contribution < -0.4 is 0 Å². The minimum absolute atomic E-state index is 0.0744. The van der Waals surface area contributed by atoms with E-state index in [9.17, 15) is 8.42 Å². The van der Waals surface area contributed by atoms with Crippen LogP contribution in [0.1, 0.15) is 11.1 Å². The molecule has 2 rings (SSSR count). The lowest BCUT2D eigenvalue weighted by Gasteiger charge is -2.05. The van der Waals surface area contributed by atoms with E-state index in [1.807, 2.05) is 60.7 Å². The molecule has 3 nitrogen and oxygen atoms in total. The number of benzene rings is 2. The fourth-order valence-corrected chi connectivity index (χ4v) is 3.47. The molecule has 5 heteroatoms. The van der Waals surface area contributed by atoms with Crippen LogP contribution >= 0.6 is 10.8 Å². The van der Waals surface area contributed by atoms with Crippen molar-refractivity contribution in [2.24, 2.45) is 0 Å². The third kappa shape index (κ3) is 5.06. The van der Waals surface area contributed by atoms with Crippen molar-refractivity contribution in [1.29, 1.82) is 0 Å². The Bertz CT molecular complexity index is 546. The SMILES string of the molecule is O=S(=O)(OCc1ccccc1)SCc1ccccc1. The molecule has 0 aliphatic heterocycles. The molecule has 0 spiro atoms. The summed E-state index contributed by atoms with van der Waals surface area (Å²) < 4.78 is 28.4. The Morgan fingerprint density at radius 2 is 1.37 bits per heavy atom. The van der Waals surface area contributed by atoms with Crippen molar-refractivity contribution in [1.82, 2.24) is 0 Å². The normalized spacial score (nSPS) is 11.4. The molecule has 0 aromatic heterocycles. The maximum atomic E-state index is 11.7. The summed E-state index contributed by atoms with van der Waals surface area (Å²) in [5.41, 5.74) is 1.80. The monoisotopic (exact) mass is 294 g/mol. The van der Waals surface area contributed by atoms with Gasteiger partial charge in [-0.05, 0) is 11.1 Å². The molecule has 100 valence electrons. The van der Waals surface area contributed by atoms with E-state index in [-0.39, 0.29) is 6.61 Å². The van der Waals surface area contributed by atoms with Gasteiger partial charge in [-0.25, -0.2) is 0 Å². The summed E-state index contributed by atoms with van der Waals surface area (Å²) >= 11 is 0. The first-order chi connectivity index (χ1) is 9.16. The lowest BCUT2D eigenvalue weighted by Crippen LogP contribution is -2.01. The van der Waals surface area contributed by atoms with Gasteiger partial charge in [0.2, 0.25) is 0 Å². The van der Waals surface area contributed by atoms with E-state index in [0.717, 1.165) is 21.9 Å². The first kappa shape index (κ1) is 14.1. The van der Waals surface area contributed by atoms with Crippen molar-refractivity contribution < 1.29 is 12.6 Å². The minimum Gasteiger partial charge on any atom is -0.257 e. The van der Waals surface area contributed by atoms with Gasteiger partial charge >= 0.3 is 9.15 Å². The minimum atomic E-state index is -3.56. The molecule has 0 aliphatic carbocycles.